The van der Waals surface area contributed by atoms with E-state index in [-0.39, 0.29) is 0 Å². The molecule has 0 saturated heterocycles. The minimum absolute atomic E-state index is 0.737. The van der Waals surface area contributed by atoms with Crippen molar-refractivity contribution >= 4 is 44.4 Å². The topological polar surface area (TPSA) is 30.7 Å². The van der Waals surface area contributed by atoms with Crippen LogP contribution in [0.1, 0.15) is 0 Å². The van der Waals surface area contributed by atoms with Gasteiger partial charge in [0.15, 0.2) is 3.83 Å². The lowest BCUT2D eigenvalue weighted by molar-refractivity contribution is 1.01. The van der Waals surface area contributed by atoms with Crippen molar-refractivity contribution in [2.24, 2.45) is 0 Å². The van der Waals surface area contributed by atoms with Crippen LogP contribution in [0.25, 0.3) is 38.9 Å². The highest BCUT2D eigenvalue weighted by Crippen LogP contribution is 2.32. The Kier molecular flexibility index (Phi) is 3.71. The van der Waals surface area contributed by atoms with E-state index in [1.807, 2.05) is 18.2 Å². The Hall–Kier alpha value is -2.73. The molecule has 5 aromatic rings. The molecule has 0 fully saturated rings. The number of benzene rings is 3. The van der Waals surface area contributed by atoms with E-state index in [0.717, 1.165) is 31.9 Å². The smallest absolute Gasteiger partial charge is 0.193 e. The molecule has 0 aliphatic rings. The Balaban J connectivity index is 1.84. The highest BCUT2D eigenvalue weighted by molar-refractivity contribution is 14.1. The van der Waals surface area contributed by atoms with E-state index in [2.05, 4.69) is 98.9 Å². The zero-order valence-electron chi connectivity index (χ0n) is 13.8. The monoisotopic (exact) mass is 447 g/mol. The maximum Gasteiger partial charge on any atom is 0.193 e. The van der Waals surface area contributed by atoms with Gasteiger partial charge < -0.3 is 0 Å². The summed E-state index contributed by atoms with van der Waals surface area (Å²) in [5, 5.41) is 2.47. The zero-order valence-corrected chi connectivity index (χ0v) is 16.0. The van der Waals surface area contributed by atoms with Gasteiger partial charge in [0, 0.05) is 45.0 Å². The largest absolute Gasteiger partial charge is 0.294 e. The quantitative estimate of drug-likeness (QED) is 0.251. The standard InChI is InChI=1S/C22H14IN3/c23-22-24-18(15-8-2-1-3-9-15)14-21(25-22)26-19-12-6-4-10-16(19)17-11-5-7-13-20(17)26/h1-14H. The number of aromatic nitrogens is 3. The van der Waals surface area contributed by atoms with Crippen molar-refractivity contribution in [1.82, 2.24) is 14.5 Å². The van der Waals surface area contributed by atoms with Gasteiger partial charge in [-0.3, -0.25) is 4.57 Å². The summed E-state index contributed by atoms with van der Waals surface area (Å²) < 4.78 is 2.96. The van der Waals surface area contributed by atoms with E-state index in [4.69, 9.17) is 4.98 Å². The second kappa shape index (κ2) is 6.21. The molecule has 0 spiro atoms. The average Bonchev–Trinajstić information content (AvgIpc) is 3.03. The van der Waals surface area contributed by atoms with Crippen LogP contribution in [-0.2, 0) is 0 Å². The number of halogens is 1. The van der Waals surface area contributed by atoms with Crippen molar-refractivity contribution in [3.63, 3.8) is 0 Å². The molecule has 0 amide bonds. The van der Waals surface area contributed by atoms with Crippen LogP contribution in [0.2, 0.25) is 0 Å². The summed E-state index contributed by atoms with van der Waals surface area (Å²) in [6.45, 7) is 0. The highest BCUT2D eigenvalue weighted by atomic mass is 127. The van der Waals surface area contributed by atoms with E-state index < -0.39 is 0 Å². The van der Waals surface area contributed by atoms with Crippen LogP contribution in [0.3, 0.4) is 0 Å². The summed E-state index contributed by atoms with van der Waals surface area (Å²) in [6, 6.07) is 29.2. The van der Waals surface area contributed by atoms with Crippen LogP contribution < -0.4 is 0 Å². The van der Waals surface area contributed by atoms with Gasteiger partial charge in [-0.15, -0.1) is 0 Å². The molecule has 26 heavy (non-hydrogen) atoms. The molecule has 0 N–H and O–H groups in total. The van der Waals surface area contributed by atoms with Crippen molar-refractivity contribution < 1.29 is 0 Å². The van der Waals surface area contributed by atoms with Gasteiger partial charge in [0.25, 0.3) is 0 Å². The normalized spacial score (nSPS) is 11.3. The minimum Gasteiger partial charge on any atom is -0.294 e. The number of hydrogen-bond acceptors (Lipinski definition) is 2. The van der Waals surface area contributed by atoms with E-state index >= 15 is 0 Å². The van der Waals surface area contributed by atoms with Crippen molar-refractivity contribution in [1.29, 1.82) is 0 Å². The maximum absolute atomic E-state index is 4.74. The third-order valence-corrected chi connectivity index (χ3v) is 5.05. The Morgan fingerprint density at radius 1 is 0.654 bits per heavy atom. The van der Waals surface area contributed by atoms with Gasteiger partial charge in [0.05, 0.1) is 16.7 Å². The van der Waals surface area contributed by atoms with Crippen molar-refractivity contribution in [3.05, 3.63) is 88.8 Å². The molecule has 0 unspecified atom stereocenters. The number of hydrogen-bond donors (Lipinski definition) is 0. The van der Waals surface area contributed by atoms with Crippen LogP contribution in [0.15, 0.2) is 84.9 Å². The molecule has 0 bridgehead atoms. The fourth-order valence-electron chi connectivity index (χ4n) is 3.45. The molecule has 0 radical (unpaired) electrons. The summed E-state index contributed by atoms with van der Waals surface area (Å²) in [6.07, 6.45) is 0. The molecule has 2 aromatic heterocycles. The summed E-state index contributed by atoms with van der Waals surface area (Å²) >= 11 is 2.19. The van der Waals surface area contributed by atoms with Crippen molar-refractivity contribution in [2.45, 2.75) is 0 Å². The molecule has 0 saturated carbocycles. The lowest BCUT2D eigenvalue weighted by atomic mass is 10.1. The second-order valence-corrected chi connectivity index (χ2v) is 7.08. The minimum atomic E-state index is 0.737. The van der Waals surface area contributed by atoms with Gasteiger partial charge in [0.2, 0.25) is 0 Å². The fraction of sp³-hybridized carbons (Fsp3) is 0. The molecule has 5 rings (SSSR count). The predicted molar refractivity (Wildman–Crippen MR) is 115 cm³/mol. The molecule has 4 heteroatoms. The summed E-state index contributed by atoms with van der Waals surface area (Å²) in [7, 11) is 0. The Morgan fingerprint density at radius 2 is 1.23 bits per heavy atom. The first kappa shape index (κ1) is 15.5. The molecular weight excluding hydrogens is 433 g/mol. The van der Waals surface area contributed by atoms with Crippen LogP contribution in [-0.4, -0.2) is 14.5 Å². The summed E-state index contributed by atoms with van der Waals surface area (Å²) in [5.74, 6) is 0.889. The molecular formula is C22H14IN3. The van der Waals surface area contributed by atoms with E-state index in [9.17, 15) is 0 Å². The maximum atomic E-state index is 4.74. The van der Waals surface area contributed by atoms with Crippen LogP contribution in [0.4, 0.5) is 0 Å². The molecule has 0 aliphatic carbocycles. The number of fused-ring (bicyclic) bond motifs is 3. The Morgan fingerprint density at radius 3 is 1.88 bits per heavy atom. The molecule has 3 aromatic carbocycles. The van der Waals surface area contributed by atoms with Crippen LogP contribution >= 0.6 is 22.6 Å². The molecule has 2 heterocycles. The first-order valence-electron chi connectivity index (χ1n) is 8.40. The molecule has 0 aliphatic heterocycles. The van der Waals surface area contributed by atoms with E-state index in [0.29, 0.717) is 0 Å². The number of nitrogens with zero attached hydrogens (tertiary/aromatic N) is 3. The zero-order chi connectivity index (χ0) is 17.5. The van der Waals surface area contributed by atoms with Crippen molar-refractivity contribution in [3.8, 4) is 17.1 Å². The number of para-hydroxylation sites is 2. The van der Waals surface area contributed by atoms with Gasteiger partial charge >= 0.3 is 0 Å². The Labute approximate surface area is 164 Å². The Bertz CT molecular complexity index is 1190. The molecule has 124 valence electrons. The molecule has 0 atom stereocenters. The first-order valence-corrected chi connectivity index (χ1v) is 9.48. The van der Waals surface area contributed by atoms with Crippen LogP contribution in [0.5, 0.6) is 0 Å². The fourth-order valence-corrected chi connectivity index (χ4v) is 3.95. The third-order valence-electron chi connectivity index (χ3n) is 4.56. The van der Waals surface area contributed by atoms with Gasteiger partial charge in [-0.2, -0.15) is 0 Å². The highest BCUT2D eigenvalue weighted by Gasteiger charge is 2.14. The predicted octanol–water partition coefficient (Wildman–Crippen LogP) is 5.85. The third kappa shape index (κ3) is 2.49. The lowest BCUT2D eigenvalue weighted by Crippen LogP contribution is -2.02. The summed E-state index contributed by atoms with van der Waals surface area (Å²) in [5.41, 5.74) is 4.33. The van der Waals surface area contributed by atoms with Gasteiger partial charge in [-0.05, 0) is 12.1 Å². The second-order valence-electron chi connectivity index (χ2n) is 6.12. The van der Waals surface area contributed by atoms with Crippen LogP contribution in [0, 0.1) is 3.83 Å². The summed E-state index contributed by atoms with van der Waals surface area (Å²) in [4.78, 5) is 9.38. The lowest BCUT2D eigenvalue weighted by Gasteiger charge is -2.09. The van der Waals surface area contributed by atoms with Gasteiger partial charge in [-0.1, -0.05) is 66.7 Å². The van der Waals surface area contributed by atoms with Crippen molar-refractivity contribution in [2.75, 3.05) is 0 Å². The van der Waals surface area contributed by atoms with Gasteiger partial charge in [-0.25, -0.2) is 9.97 Å². The SMILES string of the molecule is Ic1nc(-c2ccccc2)cc(-n2c3ccccc3c3ccccc32)n1. The van der Waals surface area contributed by atoms with E-state index in [1.165, 1.54) is 10.8 Å². The van der Waals surface area contributed by atoms with Gasteiger partial charge in [0.1, 0.15) is 5.82 Å². The van der Waals surface area contributed by atoms with E-state index in [1.54, 1.807) is 0 Å². The molecule has 3 nitrogen and oxygen atoms in total. The average molecular weight is 447 g/mol. The first-order chi connectivity index (χ1) is 12.8. The number of rotatable bonds is 2.